The molecule has 0 aliphatic rings. The summed E-state index contributed by atoms with van der Waals surface area (Å²) in [5.74, 6) is -4.44. The van der Waals surface area contributed by atoms with Gasteiger partial charge in [-0.25, -0.2) is 18.6 Å². The minimum absolute atomic E-state index is 0.170. The van der Waals surface area contributed by atoms with E-state index in [0.717, 1.165) is 18.3 Å². The molecule has 1 aromatic carbocycles. The van der Waals surface area contributed by atoms with Gasteiger partial charge in [-0.2, -0.15) is 0 Å². The Labute approximate surface area is 111 Å². The summed E-state index contributed by atoms with van der Waals surface area (Å²) >= 11 is 0. The minimum Gasteiger partial charge on any atom is -0.477 e. The molecule has 2 aromatic rings. The maximum absolute atomic E-state index is 13.4. The number of nitrogens with zero attached hydrogens (tertiary/aromatic N) is 1. The fourth-order valence-electron chi connectivity index (χ4n) is 1.47. The third kappa shape index (κ3) is 2.77. The zero-order valence-corrected chi connectivity index (χ0v) is 9.93. The summed E-state index contributed by atoms with van der Waals surface area (Å²) in [4.78, 5) is 25.9. The molecule has 0 saturated carbocycles. The molecular weight excluding hydrogens is 270 g/mol. The molecule has 0 aliphatic heterocycles. The van der Waals surface area contributed by atoms with E-state index in [0.29, 0.717) is 0 Å². The van der Waals surface area contributed by atoms with Crippen LogP contribution in [0.2, 0.25) is 0 Å². The van der Waals surface area contributed by atoms with Crippen LogP contribution < -0.4 is 5.32 Å². The Morgan fingerprint density at radius 2 is 1.90 bits per heavy atom. The van der Waals surface area contributed by atoms with Gasteiger partial charge in [0.1, 0.15) is 5.69 Å². The number of aromatic carboxylic acids is 1. The van der Waals surface area contributed by atoms with Crippen molar-refractivity contribution in [2.24, 2.45) is 0 Å². The lowest BCUT2D eigenvalue weighted by Crippen LogP contribution is -2.15. The summed E-state index contributed by atoms with van der Waals surface area (Å²) in [7, 11) is 0. The van der Waals surface area contributed by atoms with E-state index in [9.17, 15) is 18.4 Å². The molecule has 1 heterocycles. The van der Waals surface area contributed by atoms with Crippen molar-refractivity contribution in [3.63, 3.8) is 0 Å². The van der Waals surface area contributed by atoms with E-state index in [1.165, 1.54) is 18.2 Å². The molecule has 0 aliphatic carbocycles. The summed E-state index contributed by atoms with van der Waals surface area (Å²) in [6.07, 6.45) is 1.11. The SMILES string of the molecule is O=C(O)c1ccc(NC(=O)c2cccc(F)c2F)cn1. The number of aromatic nitrogens is 1. The second-order valence-corrected chi connectivity index (χ2v) is 3.79. The van der Waals surface area contributed by atoms with Gasteiger partial charge < -0.3 is 10.4 Å². The number of halogens is 2. The van der Waals surface area contributed by atoms with Gasteiger partial charge in [0.05, 0.1) is 17.4 Å². The molecular formula is C13H8F2N2O3. The number of carboxylic acids is 1. The number of carbonyl (C=O) groups is 2. The fraction of sp³-hybridized carbons (Fsp3) is 0. The Kier molecular flexibility index (Phi) is 3.69. The highest BCUT2D eigenvalue weighted by molar-refractivity contribution is 6.04. The van der Waals surface area contributed by atoms with Crippen molar-refractivity contribution in [3.05, 3.63) is 59.4 Å². The standard InChI is InChI=1S/C13H8F2N2O3/c14-9-3-1-2-8(11(9)15)12(18)17-7-4-5-10(13(19)20)16-6-7/h1-6H,(H,17,18)(H,19,20). The quantitative estimate of drug-likeness (QED) is 0.903. The van der Waals surface area contributed by atoms with Crippen LogP contribution in [-0.2, 0) is 0 Å². The Hall–Kier alpha value is -2.83. The first-order valence-corrected chi connectivity index (χ1v) is 5.44. The Morgan fingerprint density at radius 1 is 1.15 bits per heavy atom. The predicted octanol–water partition coefficient (Wildman–Crippen LogP) is 2.31. The van der Waals surface area contributed by atoms with E-state index < -0.39 is 29.1 Å². The molecule has 0 unspecified atom stereocenters. The number of hydrogen-bond donors (Lipinski definition) is 2. The lowest BCUT2D eigenvalue weighted by Gasteiger charge is -2.06. The maximum atomic E-state index is 13.4. The predicted molar refractivity (Wildman–Crippen MR) is 65.5 cm³/mol. The van der Waals surface area contributed by atoms with Crippen molar-refractivity contribution in [1.29, 1.82) is 0 Å². The van der Waals surface area contributed by atoms with Crippen LogP contribution in [0.25, 0.3) is 0 Å². The number of carboxylic acid groups (broad SMARTS) is 1. The third-order valence-corrected chi connectivity index (χ3v) is 2.44. The van der Waals surface area contributed by atoms with Crippen LogP contribution in [0.15, 0.2) is 36.5 Å². The van der Waals surface area contributed by atoms with Crippen LogP contribution in [0.3, 0.4) is 0 Å². The number of pyridine rings is 1. The van der Waals surface area contributed by atoms with Gasteiger partial charge in [0.2, 0.25) is 0 Å². The zero-order chi connectivity index (χ0) is 14.7. The highest BCUT2D eigenvalue weighted by Crippen LogP contribution is 2.14. The van der Waals surface area contributed by atoms with E-state index in [1.54, 1.807) is 0 Å². The number of amides is 1. The largest absolute Gasteiger partial charge is 0.477 e. The summed E-state index contributed by atoms with van der Waals surface area (Å²) < 4.78 is 26.4. The number of nitrogens with one attached hydrogen (secondary N) is 1. The number of hydrogen-bond acceptors (Lipinski definition) is 3. The summed E-state index contributed by atoms with van der Waals surface area (Å²) in [5.41, 5.74) is -0.476. The van der Waals surface area contributed by atoms with E-state index in [4.69, 9.17) is 5.11 Å². The Morgan fingerprint density at radius 3 is 2.50 bits per heavy atom. The second-order valence-electron chi connectivity index (χ2n) is 3.79. The molecule has 5 nitrogen and oxygen atoms in total. The van der Waals surface area contributed by atoms with Gasteiger partial charge in [-0.05, 0) is 24.3 Å². The zero-order valence-electron chi connectivity index (χ0n) is 9.93. The Balaban J connectivity index is 2.19. The van der Waals surface area contributed by atoms with Crippen molar-refractivity contribution < 1.29 is 23.5 Å². The molecule has 20 heavy (non-hydrogen) atoms. The summed E-state index contributed by atoms with van der Waals surface area (Å²) in [5, 5.41) is 11.0. The van der Waals surface area contributed by atoms with Crippen molar-refractivity contribution in [1.82, 2.24) is 4.98 Å². The highest BCUT2D eigenvalue weighted by Gasteiger charge is 2.15. The lowest BCUT2D eigenvalue weighted by atomic mass is 10.2. The van der Waals surface area contributed by atoms with Gasteiger partial charge in [-0.3, -0.25) is 4.79 Å². The van der Waals surface area contributed by atoms with Crippen molar-refractivity contribution in [2.45, 2.75) is 0 Å². The monoisotopic (exact) mass is 278 g/mol. The molecule has 0 spiro atoms. The van der Waals surface area contributed by atoms with E-state index >= 15 is 0 Å². The van der Waals surface area contributed by atoms with Gasteiger partial charge in [0, 0.05) is 0 Å². The smallest absolute Gasteiger partial charge is 0.354 e. The van der Waals surface area contributed by atoms with E-state index in [1.807, 2.05) is 0 Å². The van der Waals surface area contributed by atoms with Crippen LogP contribution in [0.4, 0.5) is 14.5 Å². The van der Waals surface area contributed by atoms with E-state index in [-0.39, 0.29) is 11.4 Å². The molecule has 2 rings (SSSR count). The van der Waals surface area contributed by atoms with Crippen LogP contribution in [0.5, 0.6) is 0 Å². The summed E-state index contributed by atoms with van der Waals surface area (Å²) in [6, 6.07) is 5.71. The molecule has 0 atom stereocenters. The van der Waals surface area contributed by atoms with Gasteiger partial charge >= 0.3 is 5.97 Å². The van der Waals surface area contributed by atoms with Crippen LogP contribution in [0, 0.1) is 11.6 Å². The number of rotatable bonds is 3. The molecule has 2 N–H and O–H groups in total. The first-order valence-electron chi connectivity index (χ1n) is 5.44. The Bertz CT molecular complexity index is 672. The van der Waals surface area contributed by atoms with Crippen LogP contribution in [-0.4, -0.2) is 22.0 Å². The van der Waals surface area contributed by atoms with Crippen molar-refractivity contribution >= 4 is 17.6 Å². The van der Waals surface area contributed by atoms with E-state index in [2.05, 4.69) is 10.3 Å². The van der Waals surface area contributed by atoms with Gasteiger partial charge in [-0.1, -0.05) is 6.07 Å². The average Bonchev–Trinajstić information content (AvgIpc) is 2.42. The second kappa shape index (κ2) is 5.43. The fourth-order valence-corrected chi connectivity index (χ4v) is 1.47. The van der Waals surface area contributed by atoms with Crippen LogP contribution >= 0.6 is 0 Å². The first kappa shape index (κ1) is 13.6. The highest BCUT2D eigenvalue weighted by atomic mass is 19.2. The number of carbonyl (C=O) groups excluding carboxylic acids is 1. The number of anilines is 1. The molecule has 102 valence electrons. The normalized spacial score (nSPS) is 10.1. The van der Waals surface area contributed by atoms with Gasteiger partial charge in [-0.15, -0.1) is 0 Å². The molecule has 0 saturated heterocycles. The van der Waals surface area contributed by atoms with Gasteiger partial charge in [0.15, 0.2) is 11.6 Å². The molecule has 0 bridgehead atoms. The van der Waals surface area contributed by atoms with Crippen LogP contribution in [0.1, 0.15) is 20.8 Å². The maximum Gasteiger partial charge on any atom is 0.354 e. The lowest BCUT2D eigenvalue weighted by molar-refractivity contribution is 0.0690. The molecule has 0 fully saturated rings. The number of benzene rings is 1. The summed E-state index contributed by atoms with van der Waals surface area (Å²) in [6.45, 7) is 0. The average molecular weight is 278 g/mol. The molecule has 0 radical (unpaired) electrons. The van der Waals surface area contributed by atoms with Gasteiger partial charge in [0.25, 0.3) is 5.91 Å². The molecule has 1 amide bonds. The first-order chi connectivity index (χ1) is 9.49. The van der Waals surface area contributed by atoms with Crippen molar-refractivity contribution in [3.8, 4) is 0 Å². The third-order valence-electron chi connectivity index (χ3n) is 2.44. The van der Waals surface area contributed by atoms with Crippen molar-refractivity contribution in [2.75, 3.05) is 5.32 Å². The topological polar surface area (TPSA) is 79.3 Å². The molecule has 1 aromatic heterocycles. The molecule has 7 heteroatoms. The minimum atomic E-state index is -1.25.